The van der Waals surface area contributed by atoms with E-state index >= 15 is 0 Å². The molecule has 1 aromatic carbocycles. The van der Waals surface area contributed by atoms with Crippen LogP contribution in [0.2, 0.25) is 0 Å². The van der Waals surface area contributed by atoms with Gasteiger partial charge in [-0.1, -0.05) is 30.3 Å². The van der Waals surface area contributed by atoms with Gasteiger partial charge in [-0.2, -0.15) is 0 Å². The first-order chi connectivity index (χ1) is 14.1. The van der Waals surface area contributed by atoms with E-state index in [0.29, 0.717) is 37.0 Å². The van der Waals surface area contributed by atoms with Crippen molar-refractivity contribution in [1.29, 1.82) is 0 Å². The first-order valence-electron chi connectivity index (χ1n) is 9.68. The molecule has 2 heterocycles. The second-order valence-electron chi connectivity index (χ2n) is 6.79. The third-order valence-electron chi connectivity index (χ3n) is 4.25. The van der Waals surface area contributed by atoms with Crippen LogP contribution in [0.4, 0.5) is 17.5 Å². The minimum atomic E-state index is 0.0439. The fourth-order valence-electron chi connectivity index (χ4n) is 2.84. The number of carbonyl (C=O) groups is 1. The summed E-state index contributed by atoms with van der Waals surface area (Å²) >= 11 is 0. The van der Waals surface area contributed by atoms with Crippen molar-refractivity contribution in [1.82, 2.24) is 20.3 Å². The first-order valence-corrected chi connectivity index (χ1v) is 9.68. The molecular formula is C22H26N6O. The molecule has 0 fully saturated rings. The summed E-state index contributed by atoms with van der Waals surface area (Å²) in [6, 6.07) is 15.7. The van der Waals surface area contributed by atoms with Crippen LogP contribution >= 0.6 is 0 Å². The lowest BCUT2D eigenvalue weighted by atomic mass is 10.1. The summed E-state index contributed by atoms with van der Waals surface area (Å²) in [6.07, 6.45) is 2.98. The lowest BCUT2D eigenvalue weighted by Crippen LogP contribution is -2.29. The number of hydrogen-bond donors (Lipinski definition) is 3. The molecule has 3 rings (SSSR count). The molecule has 1 amide bonds. The fraction of sp³-hybridized carbons (Fsp3) is 0.273. The number of pyridine rings is 1. The topological polar surface area (TPSA) is 91.8 Å². The van der Waals surface area contributed by atoms with Crippen LogP contribution < -0.4 is 16.0 Å². The Morgan fingerprint density at radius 1 is 0.931 bits per heavy atom. The van der Waals surface area contributed by atoms with Gasteiger partial charge in [0.25, 0.3) is 0 Å². The van der Waals surface area contributed by atoms with Crippen molar-refractivity contribution in [2.45, 2.75) is 26.7 Å². The molecule has 0 spiro atoms. The van der Waals surface area contributed by atoms with Gasteiger partial charge >= 0.3 is 0 Å². The highest BCUT2D eigenvalue weighted by molar-refractivity contribution is 5.76. The van der Waals surface area contributed by atoms with Gasteiger partial charge in [0.15, 0.2) is 0 Å². The molecule has 7 nitrogen and oxygen atoms in total. The number of amides is 1. The normalized spacial score (nSPS) is 10.4. The number of aryl methyl sites for hydroxylation is 3. The van der Waals surface area contributed by atoms with Crippen LogP contribution in [0, 0.1) is 13.8 Å². The van der Waals surface area contributed by atoms with Crippen molar-refractivity contribution in [3.8, 4) is 0 Å². The van der Waals surface area contributed by atoms with Crippen LogP contribution in [-0.2, 0) is 11.2 Å². The van der Waals surface area contributed by atoms with E-state index in [4.69, 9.17) is 0 Å². The van der Waals surface area contributed by atoms with Gasteiger partial charge in [0.1, 0.15) is 23.3 Å². The maximum atomic E-state index is 12.0. The fourth-order valence-corrected chi connectivity index (χ4v) is 2.84. The molecule has 0 aliphatic heterocycles. The molecule has 0 radical (unpaired) electrons. The molecule has 0 saturated heterocycles. The van der Waals surface area contributed by atoms with E-state index in [1.165, 1.54) is 5.56 Å². The van der Waals surface area contributed by atoms with E-state index in [9.17, 15) is 4.79 Å². The van der Waals surface area contributed by atoms with Crippen molar-refractivity contribution in [3.05, 3.63) is 71.7 Å². The Kier molecular flexibility index (Phi) is 7.10. The van der Waals surface area contributed by atoms with Crippen LogP contribution in [-0.4, -0.2) is 33.9 Å². The number of anilines is 3. The number of hydrogen-bond acceptors (Lipinski definition) is 6. The lowest BCUT2D eigenvalue weighted by Gasteiger charge is -2.11. The van der Waals surface area contributed by atoms with E-state index in [1.807, 2.05) is 62.4 Å². The molecule has 2 aromatic heterocycles. The average Bonchev–Trinajstić information content (AvgIpc) is 2.70. The Labute approximate surface area is 171 Å². The molecule has 0 aliphatic rings. The van der Waals surface area contributed by atoms with E-state index in [1.54, 1.807) is 6.20 Å². The summed E-state index contributed by atoms with van der Waals surface area (Å²) in [5.74, 6) is 2.80. The van der Waals surface area contributed by atoms with E-state index < -0.39 is 0 Å². The molecule has 0 saturated carbocycles. The molecule has 0 atom stereocenters. The minimum absolute atomic E-state index is 0.0439. The van der Waals surface area contributed by atoms with Crippen molar-refractivity contribution >= 4 is 23.4 Å². The number of nitrogens with one attached hydrogen (secondary N) is 3. The smallest absolute Gasteiger partial charge is 0.220 e. The highest BCUT2D eigenvalue weighted by Crippen LogP contribution is 2.16. The van der Waals surface area contributed by atoms with Gasteiger partial charge in [-0.25, -0.2) is 15.0 Å². The van der Waals surface area contributed by atoms with Crippen molar-refractivity contribution in [3.63, 3.8) is 0 Å². The summed E-state index contributed by atoms with van der Waals surface area (Å²) in [4.78, 5) is 25.1. The summed E-state index contributed by atoms with van der Waals surface area (Å²) in [5, 5.41) is 9.35. The zero-order valence-electron chi connectivity index (χ0n) is 16.8. The molecule has 0 aliphatic carbocycles. The van der Waals surface area contributed by atoms with Crippen molar-refractivity contribution in [2.24, 2.45) is 0 Å². The van der Waals surface area contributed by atoms with Gasteiger partial charge in [0, 0.05) is 31.8 Å². The van der Waals surface area contributed by atoms with Crippen LogP contribution in [0.3, 0.4) is 0 Å². The standard InChI is InChI=1S/C22H26N6O/c1-16-10-11-23-19(14-16)28-21-15-20(26-17(2)27-21)24-12-13-25-22(29)9-8-18-6-4-3-5-7-18/h3-7,10-11,14-15H,8-9,12-13H2,1-2H3,(H,25,29)(H2,23,24,26,27,28). The third kappa shape index (κ3) is 6.88. The highest BCUT2D eigenvalue weighted by atomic mass is 16.1. The lowest BCUT2D eigenvalue weighted by molar-refractivity contribution is -0.120. The minimum Gasteiger partial charge on any atom is -0.368 e. The molecule has 3 N–H and O–H groups in total. The van der Waals surface area contributed by atoms with Crippen molar-refractivity contribution in [2.75, 3.05) is 23.7 Å². The molecule has 150 valence electrons. The van der Waals surface area contributed by atoms with E-state index in [2.05, 4.69) is 30.9 Å². The maximum absolute atomic E-state index is 12.0. The summed E-state index contributed by atoms with van der Waals surface area (Å²) in [6.45, 7) is 4.96. The zero-order chi connectivity index (χ0) is 20.5. The first kappa shape index (κ1) is 20.3. The number of rotatable bonds is 9. The van der Waals surface area contributed by atoms with Gasteiger partial charge < -0.3 is 16.0 Å². The molecule has 29 heavy (non-hydrogen) atoms. The summed E-state index contributed by atoms with van der Waals surface area (Å²) in [5.41, 5.74) is 2.29. The molecular weight excluding hydrogens is 364 g/mol. The van der Waals surface area contributed by atoms with Crippen LogP contribution in [0.15, 0.2) is 54.7 Å². The summed E-state index contributed by atoms with van der Waals surface area (Å²) in [7, 11) is 0. The molecule has 0 bridgehead atoms. The predicted octanol–water partition coefficient (Wildman–Crippen LogP) is 3.39. The monoisotopic (exact) mass is 390 g/mol. The number of benzene rings is 1. The van der Waals surface area contributed by atoms with Crippen LogP contribution in [0.25, 0.3) is 0 Å². The molecule has 0 unspecified atom stereocenters. The molecule has 3 aromatic rings. The number of carbonyl (C=O) groups excluding carboxylic acids is 1. The second kappa shape index (κ2) is 10.2. The number of aromatic nitrogens is 3. The van der Waals surface area contributed by atoms with Crippen LogP contribution in [0.5, 0.6) is 0 Å². The SMILES string of the molecule is Cc1ccnc(Nc2cc(NCCNC(=O)CCc3ccccc3)nc(C)n2)c1. The van der Waals surface area contributed by atoms with Gasteiger partial charge in [0.05, 0.1) is 0 Å². The van der Waals surface area contributed by atoms with Crippen LogP contribution in [0.1, 0.15) is 23.4 Å². The maximum Gasteiger partial charge on any atom is 0.220 e. The predicted molar refractivity (Wildman–Crippen MR) is 115 cm³/mol. The van der Waals surface area contributed by atoms with Gasteiger partial charge in [-0.05, 0) is 43.5 Å². The Balaban J connectivity index is 1.44. The third-order valence-corrected chi connectivity index (χ3v) is 4.25. The Bertz CT molecular complexity index is 945. The van der Waals surface area contributed by atoms with Gasteiger partial charge in [-0.3, -0.25) is 4.79 Å². The van der Waals surface area contributed by atoms with Gasteiger partial charge in [-0.15, -0.1) is 0 Å². The number of nitrogens with zero attached hydrogens (tertiary/aromatic N) is 3. The van der Waals surface area contributed by atoms with Crippen molar-refractivity contribution < 1.29 is 4.79 Å². The summed E-state index contributed by atoms with van der Waals surface area (Å²) < 4.78 is 0. The Morgan fingerprint density at radius 3 is 2.52 bits per heavy atom. The highest BCUT2D eigenvalue weighted by Gasteiger charge is 2.05. The molecule has 7 heteroatoms. The Hall–Kier alpha value is -3.48. The van der Waals surface area contributed by atoms with Gasteiger partial charge in [0.2, 0.25) is 5.91 Å². The quantitative estimate of drug-likeness (QED) is 0.485. The Morgan fingerprint density at radius 2 is 1.72 bits per heavy atom. The average molecular weight is 390 g/mol. The van der Waals surface area contributed by atoms with E-state index in [-0.39, 0.29) is 5.91 Å². The second-order valence-corrected chi connectivity index (χ2v) is 6.79. The largest absolute Gasteiger partial charge is 0.368 e. The zero-order valence-corrected chi connectivity index (χ0v) is 16.8. The van der Waals surface area contributed by atoms with E-state index in [0.717, 1.165) is 17.8 Å².